The van der Waals surface area contributed by atoms with Crippen LogP contribution < -0.4 is 4.90 Å². The first-order valence-electron chi connectivity index (χ1n) is 9.66. The Morgan fingerprint density at radius 3 is 2.70 bits per heavy atom. The summed E-state index contributed by atoms with van der Waals surface area (Å²) < 4.78 is 5.61. The van der Waals surface area contributed by atoms with Gasteiger partial charge in [-0.05, 0) is 48.4 Å². The molecule has 0 aliphatic carbocycles. The van der Waals surface area contributed by atoms with Crippen molar-refractivity contribution >= 4 is 34.2 Å². The summed E-state index contributed by atoms with van der Waals surface area (Å²) in [4.78, 5) is 22.4. The quantitative estimate of drug-likeness (QED) is 0.457. The van der Waals surface area contributed by atoms with Gasteiger partial charge in [0.05, 0.1) is 23.3 Å². The lowest BCUT2D eigenvalue weighted by Crippen LogP contribution is -2.30. The van der Waals surface area contributed by atoms with Gasteiger partial charge < -0.3 is 14.6 Å². The fourth-order valence-corrected chi connectivity index (χ4v) is 3.48. The molecule has 0 spiro atoms. The lowest BCUT2D eigenvalue weighted by atomic mass is 10.1. The largest absolute Gasteiger partial charge is 0.367 e. The summed E-state index contributed by atoms with van der Waals surface area (Å²) in [5, 5.41) is 0.576. The van der Waals surface area contributed by atoms with Gasteiger partial charge in [-0.25, -0.2) is 4.98 Å². The van der Waals surface area contributed by atoms with Crippen LogP contribution in [0.1, 0.15) is 11.1 Å². The summed E-state index contributed by atoms with van der Waals surface area (Å²) in [5.74, 6) is 0.513. The molecule has 0 radical (unpaired) electrons. The Morgan fingerprint density at radius 2 is 1.90 bits per heavy atom. The van der Waals surface area contributed by atoms with Crippen molar-refractivity contribution in [3.05, 3.63) is 82.9 Å². The molecule has 30 heavy (non-hydrogen) atoms. The van der Waals surface area contributed by atoms with Crippen LogP contribution in [0, 0.1) is 6.92 Å². The summed E-state index contributed by atoms with van der Waals surface area (Å²) >= 11 is 6.26. The number of aryl methyl sites for hydroxylation is 1. The van der Waals surface area contributed by atoms with Crippen LogP contribution in [-0.4, -0.2) is 29.5 Å². The Balaban J connectivity index is 1.56. The predicted molar refractivity (Wildman–Crippen MR) is 121 cm³/mol. The number of H-pyrrole nitrogens is 1. The number of hydrogen-bond acceptors (Lipinski definition) is 3. The number of ether oxygens (including phenoxy) is 1. The van der Waals surface area contributed by atoms with Crippen molar-refractivity contribution in [1.29, 1.82) is 0 Å². The number of nitrogens with zero attached hydrogens (tertiary/aromatic N) is 2. The number of likely N-dealkylation sites (N-methyl/N-ethyl adjacent to an activating group) is 1. The number of anilines is 1. The fraction of sp³-hybridized carbons (Fsp3) is 0.167. The van der Waals surface area contributed by atoms with E-state index in [0.717, 1.165) is 27.7 Å². The van der Waals surface area contributed by atoms with Gasteiger partial charge in [0.2, 0.25) is 0 Å². The highest BCUT2D eigenvalue weighted by atomic mass is 35.5. The first-order chi connectivity index (χ1) is 14.5. The van der Waals surface area contributed by atoms with E-state index in [1.54, 1.807) is 18.0 Å². The molecular weight excluding hydrogens is 398 g/mol. The van der Waals surface area contributed by atoms with Crippen LogP contribution in [0.3, 0.4) is 0 Å². The van der Waals surface area contributed by atoms with Gasteiger partial charge in [-0.15, -0.1) is 0 Å². The summed E-state index contributed by atoms with van der Waals surface area (Å²) in [5.41, 5.74) is 5.45. The standard InChI is InChI=1S/C24H22ClN3O2/c1-16-8-10-20-21(12-16)27-24(26-20)19-13-18(25)9-11-22(19)28(2)23(29)15-30-14-17-6-4-3-5-7-17/h3-13H,14-15H2,1-2H3,(H,26,27). The second-order valence-electron chi connectivity index (χ2n) is 7.20. The monoisotopic (exact) mass is 419 g/mol. The van der Waals surface area contributed by atoms with Gasteiger partial charge in [-0.3, -0.25) is 4.79 Å². The maximum absolute atomic E-state index is 12.8. The molecule has 0 atom stereocenters. The number of halogens is 1. The Hall–Kier alpha value is -3.15. The number of rotatable bonds is 6. The van der Waals surface area contributed by atoms with Crippen molar-refractivity contribution in [2.24, 2.45) is 0 Å². The average Bonchev–Trinajstić information content (AvgIpc) is 3.17. The molecule has 1 amide bonds. The van der Waals surface area contributed by atoms with Crippen LogP contribution in [0.4, 0.5) is 5.69 Å². The zero-order valence-electron chi connectivity index (χ0n) is 16.9. The van der Waals surface area contributed by atoms with Crippen LogP contribution in [0.25, 0.3) is 22.4 Å². The third-order valence-corrected chi connectivity index (χ3v) is 5.16. The minimum absolute atomic E-state index is 0.0210. The molecule has 0 saturated heterocycles. The number of carbonyl (C=O) groups excluding carboxylic acids is 1. The van der Waals surface area contributed by atoms with E-state index < -0.39 is 0 Å². The summed E-state index contributed by atoms with van der Waals surface area (Å²) in [7, 11) is 1.73. The maximum Gasteiger partial charge on any atom is 0.252 e. The smallest absolute Gasteiger partial charge is 0.252 e. The molecule has 3 aromatic carbocycles. The molecule has 152 valence electrons. The van der Waals surface area contributed by atoms with E-state index in [-0.39, 0.29) is 12.5 Å². The number of imidazole rings is 1. The number of aromatic nitrogens is 2. The van der Waals surface area contributed by atoms with Crippen molar-refractivity contribution in [2.75, 3.05) is 18.6 Å². The van der Waals surface area contributed by atoms with Crippen molar-refractivity contribution in [1.82, 2.24) is 9.97 Å². The van der Waals surface area contributed by atoms with Crippen LogP contribution in [-0.2, 0) is 16.1 Å². The summed E-state index contributed by atoms with van der Waals surface area (Å²) in [6, 6.07) is 21.2. The number of aromatic amines is 1. The summed E-state index contributed by atoms with van der Waals surface area (Å²) in [6.07, 6.45) is 0. The van der Waals surface area contributed by atoms with Gasteiger partial charge >= 0.3 is 0 Å². The third kappa shape index (κ3) is 4.37. The van der Waals surface area contributed by atoms with Gasteiger partial charge in [0.15, 0.2) is 0 Å². The number of carbonyl (C=O) groups is 1. The number of hydrogen-bond donors (Lipinski definition) is 1. The van der Waals surface area contributed by atoms with Gasteiger partial charge in [-0.1, -0.05) is 48.0 Å². The van der Waals surface area contributed by atoms with Crippen LogP contribution >= 0.6 is 11.6 Å². The van der Waals surface area contributed by atoms with E-state index in [0.29, 0.717) is 23.1 Å². The zero-order valence-corrected chi connectivity index (χ0v) is 17.6. The number of fused-ring (bicyclic) bond motifs is 1. The van der Waals surface area contributed by atoms with E-state index in [4.69, 9.17) is 16.3 Å². The molecule has 1 aromatic heterocycles. The van der Waals surface area contributed by atoms with Crippen LogP contribution in [0.15, 0.2) is 66.7 Å². The number of amides is 1. The molecule has 5 nitrogen and oxygen atoms in total. The molecule has 1 heterocycles. The second kappa shape index (κ2) is 8.69. The molecule has 0 fully saturated rings. The fourth-order valence-electron chi connectivity index (χ4n) is 3.30. The predicted octanol–water partition coefficient (Wildman–Crippen LogP) is 5.37. The topological polar surface area (TPSA) is 58.2 Å². The zero-order chi connectivity index (χ0) is 21.1. The van der Waals surface area contributed by atoms with Crippen molar-refractivity contribution in [3.8, 4) is 11.4 Å². The van der Waals surface area contributed by atoms with Gasteiger partial charge in [-0.2, -0.15) is 0 Å². The first-order valence-corrected chi connectivity index (χ1v) is 10.0. The minimum Gasteiger partial charge on any atom is -0.367 e. The molecule has 4 rings (SSSR count). The first kappa shape index (κ1) is 20.1. The molecular formula is C24H22ClN3O2. The van der Waals surface area contributed by atoms with E-state index in [9.17, 15) is 4.79 Å². The highest BCUT2D eigenvalue weighted by molar-refractivity contribution is 6.31. The van der Waals surface area contributed by atoms with Gasteiger partial charge in [0, 0.05) is 17.6 Å². The molecule has 6 heteroatoms. The maximum atomic E-state index is 12.8. The molecule has 1 N–H and O–H groups in total. The van der Waals surface area contributed by atoms with Crippen LogP contribution in [0.2, 0.25) is 5.02 Å². The Labute approximate surface area is 180 Å². The van der Waals surface area contributed by atoms with Crippen molar-refractivity contribution < 1.29 is 9.53 Å². The van der Waals surface area contributed by atoms with Gasteiger partial charge in [0.1, 0.15) is 12.4 Å². The molecule has 0 unspecified atom stereocenters. The lowest BCUT2D eigenvalue weighted by Gasteiger charge is -2.20. The SMILES string of the molecule is Cc1ccc2nc(-c3cc(Cl)ccc3N(C)C(=O)COCc3ccccc3)[nH]c2c1. The molecule has 0 aliphatic heterocycles. The van der Waals surface area contributed by atoms with Crippen LogP contribution in [0.5, 0.6) is 0 Å². The third-order valence-electron chi connectivity index (χ3n) is 4.92. The highest BCUT2D eigenvalue weighted by Gasteiger charge is 2.18. The van der Waals surface area contributed by atoms with E-state index in [1.165, 1.54) is 0 Å². The molecule has 4 aromatic rings. The van der Waals surface area contributed by atoms with E-state index >= 15 is 0 Å². The highest BCUT2D eigenvalue weighted by Crippen LogP contribution is 2.32. The molecule has 0 aliphatic rings. The average molecular weight is 420 g/mol. The number of benzene rings is 3. The second-order valence-corrected chi connectivity index (χ2v) is 7.64. The lowest BCUT2D eigenvalue weighted by molar-refractivity contribution is -0.123. The molecule has 0 saturated carbocycles. The Bertz CT molecular complexity index is 1190. The minimum atomic E-state index is -0.151. The number of nitrogens with one attached hydrogen (secondary N) is 1. The van der Waals surface area contributed by atoms with Crippen molar-refractivity contribution in [2.45, 2.75) is 13.5 Å². The van der Waals surface area contributed by atoms with Crippen molar-refractivity contribution in [3.63, 3.8) is 0 Å². The Morgan fingerprint density at radius 1 is 1.10 bits per heavy atom. The van der Waals surface area contributed by atoms with E-state index in [2.05, 4.69) is 9.97 Å². The van der Waals surface area contributed by atoms with Gasteiger partial charge in [0.25, 0.3) is 5.91 Å². The normalized spacial score (nSPS) is 11.0. The molecule has 0 bridgehead atoms. The Kier molecular flexibility index (Phi) is 5.84. The summed E-state index contributed by atoms with van der Waals surface area (Å²) in [6.45, 7) is 2.40. The van der Waals surface area contributed by atoms with E-state index in [1.807, 2.05) is 67.6 Å².